The normalized spacial score (nSPS) is 10.5. The van der Waals surface area contributed by atoms with Crippen molar-refractivity contribution in [3.8, 4) is 0 Å². The number of rotatable bonds is 9. The number of nitrogens with one attached hydrogen (secondary N) is 3. The van der Waals surface area contributed by atoms with Crippen LogP contribution in [0.5, 0.6) is 0 Å². The molecular weight excluding hydrogens is 246 g/mol. The minimum absolute atomic E-state index is 0.151. The van der Waals surface area contributed by atoms with Gasteiger partial charge in [-0.05, 0) is 18.6 Å². The van der Waals surface area contributed by atoms with Gasteiger partial charge in [-0.15, -0.1) is 0 Å². The molecule has 0 aliphatic rings. The molecule has 102 valence electrons. The zero-order valence-corrected chi connectivity index (χ0v) is 11.9. The third-order valence-electron chi connectivity index (χ3n) is 2.92. The topological polar surface area (TPSA) is 60.7 Å². The Labute approximate surface area is 113 Å². The molecule has 0 spiro atoms. The number of anilines is 1. The van der Waals surface area contributed by atoms with Gasteiger partial charge >= 0.3 is 0 Å². The Kier molecular flexibility index (Phi) is 7.41. The SMILES string of the molecule is CCCCCCCCCNc1c[nH]c(=S)[nH]c1=O. The van der Waals surface area contributed by atoms with Crippen LogP contribution in [0.4, 0.5) is 5.69 Å². The summed E-state index contributed by atoms with van der Waals surface area (Å²) in [5, 5.41) is 3.12. The molecule has 0 unspecified atom stereocenters. The molecule has 0 atom stereocenters. The molecule has 1 aromatic rings. The van der Waals surface area contributed by atoms with E-state index >= 15 is 0 Å². The molecular formula is C13H23N3OS. The fourth-order valence-corrected chi connectivity index (χ4v) is 2.00. The molecule has 0 aromatic carbocycles. The summed E-state index contributed by atoms with van der Waals surface area (Å²) in [6, 6.07) is 0. The first-order valence-electron chi connectivity index (χ1n) is 6.80. The smallest absolute Gasteiger partial charge is 0.275 e. The average Bonchev–Trinajstić information content (AvgIpc) is 2.35. The minimum atomic E-state index is -0.151. The number of H-pyrrole nitrogens is 2. The second kappa shape index (κ2) is 8.91. The van der Waals surface area contributed by atoms with Gasteiger partial charge in [0.25, 0.3) is 5.56 Å². The van der Waals surface area contributed by atoms with Gasteiger partial charge in [-0.2, -0.15) is 0 Å². The summed E-state index contributed by atoms with van der Waals surface area (Å²) in [6.45, 7) is 3.06. The zero-order valence-electron chi connectivity index (χ0n) is 11.1. The van der Waals surface area contributed by atoms with E-state index in [0.29, 0.717) is 10.5 Å². The second-order valence-electron chi connectivity index (χ2n) is 4.53. The largest absolute Gasteiger partial charge is 0.379 e. The number of hydrogen-bond acceptors (Lipinski definition) is 3. The van der Waals surface area contributed by atoms with Crippen molar-refractivity contribution >= 4 is 17.9 Å². The van der Waals surface area contributed by atoms with E-state index in [2.05, 4.69) is 22.2 Å². The predicted octanol–water partition coefficient (Wildman–Crippen LogP) is 3.59. The van der Waals surface area contributed by atoms with E-state index in [1.54, 1.807) is 6.20 Å². The van der Waals surface area contributed by atoms with Crippen LogP contribution >= 0.6 is 12.2 Å². The summed E-state index contributed by atoms with van der Waals surface area (Å²) < 4.78 is 0.362. The maximum atomic E-state index is 11.5. The summed E-state index contributed by atoms with van der Waals surface area (Å²) in [7, 11) is 0. The molecule has 1 rings (SSSR count). The molecule has 1 aromatic heterocycles. The molecule has 3 N–H and O–H groups in total. The van der Waals surface area contributed by atoms with E-state index < -0.39 is 0 Å². The Morgan fingerprint density at radius 3 is 2.50 bits per heavy atom. The lowest BCUT2D eigenvalue weighted by Gasteiger charge is -2.05. The second-order valence-corrected chi connectivity index (χ2v) is 4.94. The highest BCUT2D eigenvalue weighted by molar-refractivity contribution is 7.71. The van der Waals surface area contributed by atoms with Crippen LogP contribution in [-0.4, -0.2) is 16.5 Å². The number of aromatic amines is 2. The molecule has 18 heavy (non-hydrogen) atoms. The standard InChI is InChI=1S/C13H23N3OS/c1-2-3-4-5-6-7-8-9-14-11-10-15-13(18)16-12(11)17/h10,14H,2-9H2,1H3,(H2,15,16,17,18). The molecule has 0 bridgehead atoms. The molecule has 0 aliphatic carbocycles. The number of aromatic nitrogens is 2. The van der Waals surface area contributed by atoms with Crippen molar-refractivity contribution in [2.24, 2.45) is 0 Å². The Bertz CT molecular complexity index is 438. The van der Waals surface area contributed by atoms with Crippen molar-refractivity contribution in [2.45, 2.75) is 51.9 Å². The molecule has 0 radical (unpaired) electrons. The van der Waals surface area contributed by atoms with Crippen LogP contribution in [0.3, 0.4) is 0 Å². The zero-order chi connectivity index (χ0) is 13.2. The molecule has 4 nitrogen and oxygen atoms in total. The minimum Gasteiger partial charge on any atom is -0.379 e. The van der Waals surface area contributed by atoms with E-state index in [1.165, 1.54) is 38.5 Å². The number of hydrogen-bond donors (Lipinski definition) is 3. The van der Waals surface area contributed by atoms with Crippen LogP contribution in [0, 0.1) is 4.77 Å². The third-order valence-corrected chi connectivity index (χ3v) is 3.13. The third kappa shape index (κ3) is 6.00. The number of unbranched alkanes of at least 4 members (excludes halogenated alkanes) is 6. The van der Waals surface area contributed by atoms with Crippen LogP contribution < -0.4 is 10.9 Å². The van der Waals surface area contributed by atoms with Gasteiger partial charge in [-0.1, -0.05) is 45.4 Å². The first kappa shape index (κ1) is 15.0. The van der Waals surface area contributed by atoms with Crippen molar-refractivity contribution in [3.05, 3.63) is 21.3 Å². The van der Waals surface area contributed by atoms with E-state index in [1.807, 2.05) is 0 Å². The van der Waals surface area contributed by atoms with E-state index in [0.717, 1.165) is 13.0 Å². The van der Waals surface area contributed by atoms with Crippen molar-refractivity contribution in [3.63, 3.8) is 0 Å². The lowest BCUT2D eigenvalue weighted by molar-refractivity contribution is 0.596. The van der Waals surface area contributed by atoms with Crippen LogP contribution in [-0.2, 0) is 0 Å². The Hall–Kier alpha value is -1.10. The van der Waals surface area contributed by atoms with Gasteiger partial charge in [0.05, 0.1) is 0 Å². The highest BCUT2D eigenvalue weighted by Gasteiger charge is 1.97. The van der Waals surface area contributed by atoms with Gasteiger partial charge in [0.1, 0.15) is 5.69 Å². The quantitative estimate of drug-likeness (QED) is 0.474. The average molecular weight is 269 g/mol. The molecule has 5 heteroatoms. The van der Waals surface area contributed by atoms with Gasteiger partial charge in [0.2, 0.25) is 0 Å². The fraction of sp³-hybridized carbons (Fsp3) is 0.692. The Balaban J connectivity index is 2.11. The maximum absolute atomic E-state index is 11.5. The highest BCUT2D eigenvalue weighted by Crippen LogP contribution is 2.07. The van der Waals surface area contributed by atoms with E-state index in [-0.39, 0.29) is 5.56 Å². The highest BCUT2D eigenvalue weighted by atomic mass is 32.1. The van der Waals surface area contributed by atoms with Crippen molar-refractivity contribution in [1.82, 2.24) is 9.97 Å². The van der Waals surface area contributed by atoms with Gasteiger partial charge in [-0.25, -0.2) is 0 Å². The molecule has 0 fully saturated rings. The predicted molar refractivity (Wildman–Crippen MR) is 78.7 cm³/mol. The molecule has 0 saturated carbocycles. The Morgan fingerprint density at radius 1 is 1.17 bits per heavy atom. The summed E-state index contributed by atoms with van der Waals surface area (Å²) in [5.74, 6) is 0. The van der Waals surface area contributed by atoms with E-state index in [4.69, 9.17) is 12.2 Å². The lowest BCUT2D eigenvalue weighted by atomic mass is 10.1. The van der Waals surface area contributed by atoms with Gasteiger partial charge in [0.15, 0.2) is 4.77 Å². The van der Waals surface area contributed by atoms with Gasteiger partial charge in [0, 0.05) is 12.7 Å². The lowest BCUT2D eigenvalue weighted by Crippen LogP contribution is -2.15. The molecule has 0 aliphatic heterocycles. The first-order valence-corrected chi connectivity index (χ1v) is 7.20. The molecule has 1 heterocycles. The van der Waals surface area contributed by atoms with Crippen molar-refractivity contribution < 1.29 is 0 Å². The van der Waals surface area contributed by atoms with Crippen molar-refractivity contribution in [2.75, 3.05) is 11.9 Å². The summed E-state index contributed by atoms with van der Waals surface area (Å²) >= 11 is 4.82. The van der Waals surface area contributed by atoms with Crippen LogP contribution in [0.25, 0.3) is 0 Å². The van der Waals surface area contributed by atoms with Crippen LogP contribution in [0.2, 0.25) is 0 Å². The van der Waals surface area contributed by atoms with Crippen LogP contribution in [0.15, 0.2) is 11.0 Å². The summed E-state index contributed by atoms with van der Waals surface area (Å²) in [4.78, 5) is 16.8. The van der Waals surface area contributed by atoms with Gasteiger partial charge < -0.3 is 10.3 Å². The monoisotopic (exact) mass is 269 g/mol. The molecule has 0 saturated heterocycles. The maximum Gasteiger partial charge on any atom is 0.275 e. The van der Waals surface area contributed by atoms with Crippen molar-refractivity contribution in [1.29, 1.82) is 0 Å². The van der Waals surface area contributed by atoms with Crippen LogP contribution in [0.1, 0.15) is 51.9 Å². The summed E-state index contributed by atoms with van der Waals surface area (Å²) in [5.41, 5.74) is 0.413. The summed E-state index contributed by atoms with van der Waals surface area (Å²) in [6.07, 6.45) is 10.5. The van der Waals surface area contributed by atoms with Gasteiger partial charge in [-0.3, -0.25) is 9.78 Å². The fourth-order valence-electron chi connectivity index (χ4n) is 1.85. The Morgan fingerprint density at radius 2 is 1.83 bits per heavy atom. The molecule has 0 amide bonds. The first-order chi connectivity index (χ1) is 8.74. The van der Waals surface area contributed by atoms with E-state index in [9.17, 15) is 4.79 Å².